The van der Waals surface area contributed by atoms with Gasteiger partial charge in [0.05, 0.1) is 28.2 Å². The highest BCUT2D eigenvalue weighted by molar-refractivity contribution is 5.95. The third-order valence-electron chi connectivity index (χ3n) is 4.74. The van der Waals surface area contributed by atoms with E-state index in [9.17, 15) is 14.7 Å². The van der Waals surface area contributed by atoms with Gasteiger partial charge in [-0.2, -0.15) is 0 Å². The number of aromatic nitrogens is 2. The molecule has 0 unspecified atom stereocenters. The molecule has 0 bridgehead atoms. The van der Waals surface area contributed by atoms with E-state index in [1.54, 1.807) is 12.3 Å². The fourth-order valence-corrected chi connectivity index (χ4v) is 3.12. The summed E-state index contributed by atoms with van der Waals surface area (Å²) >= 11 is 0. The standard InChI is InChI=1S/C18H16N2O4/c1-2-13-10(18(22)23)6-12-16(21)11-7-14(9-4-3-5-9)19-8-15(11)24-17(12)20-13/h6-9H,2-5H2,1H3,(H,22,23). The highest BCUT2D eigenvalue weighted by atomic mass is 16.4. The molecular weight excluding hydrogens is 308 g/mol. The SMILES string of the molecule is CCc1nc2oc3cnc(C4CCC4)cc3c(=O)c2cc1C(=O)O. The number of nitrogens with zero attached hydrogens (tertiary/aromatic N) is 2. The molecule has 3 aromatic rings. The minimum Gasteiger partial charge on any atom is -0.478 e. The summed E-state index contributed by atoms with van der Waals surface area (Å²) in [6, 6.07) is 3.15. The van der Waals surface area contributed by atoms with E-state index in [0.717, 1.165) is 18.5 Å². The fraction of sp³-hybridized carbons (Fsp3) is 0.333. The highest BCUT2D eigenvalue weighted by Crippen LogP contribution is 2.36. The molecule has 0 radical (unpaired) electrons. The Morgan fingerprint density at radius 1 is 1.33 bits per heavy atom. The van der Waals surface area contributed by atoms with Crippen molar-refractivity contribution in [3.8, 4) is 0 Å². The minimum atomic E-state index is -1.09. The summed E-state index contributed by atoms with van der Waals surface area (Å²) in [6.07, 6.45) is 5.37. The predicted octanol–water partition coefficient (Wildman–Crippen LogP) is 3.26. The lowest BCUT2D eigenvalue weighted by Crippen LogP contribution is -2.13. The first kappa shape index (κ1) is 14.8. The second-order valence-electron chi connectivity index (χ2n) is 6.16. The van der Waals surface area contributed by atoms with Crippen molar-refractivity contribution in [2.45, 2.75) is 38.5 Å². The van der Waals surface area contributed by atoms with Crippen LogP contribution in [0.25, 0.3) is 22.1 Å². The fourth-order valence-electron chi connectivity index (χ4n) is 3.12. The van der Waals surface area contributed by atoms with E-state index < -0.39 is 5.97 Å². The highest BCUT2D eigenvalue weighted by Gasteiger charge is 2.22. The van der Waals surface area contributed by atoms with E-state index in [2.05, 4.69) is 9.97 Å². The van der Waals surface area contributed by atoms with E-state index in [4.69, 9.17) is 4.42 Å². The summed E-state index contributed by atoms with van der Waals surface area (Å²) in [6.45, 7) is 1.81. The molecule has 4 rings (SSSR count). The number of hydrogen-bond acceptors (Lipinski definition) is 5. The maximum Gasteiger partial charge on any atom is 0.337 e. The van der Waals surface area contributed by atoms with Gasteiger partial charge in [-0.1, -0.05) is 13.3 Å². The second kappa shape index (κ2) is 5.40. The van der Waals surface area contributed by atoms with Crippen LogP contribution in [-0.2, 0) is 6.42 Å². The van der Waals surface area contributed by atoms with E-state index in [0.29, 0.717) is 29.0 Å². The molecule has 0 saturated heterocycles. The van der Waals surface area contributed by atoms with Crippen LogP contribution in [0, 0.1) is 0 Å². The van der Waals surface area contributed by atoms with Crippen molar-refractivity contribution in [3.63, 3.8) is 0 Å². The van der Waals surface area contributed by atoms with Crippen LogP contribution < -0.4 is 5.43 Å². The molecule has 1 fully saturated rings. The van der Waals surface area contributed by atoms with Gasteiger partial charge >= 0.3 is 5.97 Å². The number of carboxylic acids is 1. The zero-order chi connectivity index (χ0) is 16.8. The Bertz CT molecular complexity index is 1030. The van der Waals surface area contributed by atoms with Gasteiger partial charge < -0.3 is 9.52 Å². The molecule has 0 spiro atoms. The van der Waals surface area contributed by atoms with E-state index in [1.165, 1.54) is 12.5 Å². The van der Waals surface area contributed by atoms with Crippen molar-refractivity contribution in [2.24, 2.45) is 0 Å². The summed E-state index contributed by atoms with van der Waals surface area (Å²) in [5, 5.41) is 9.96. The number of carbonyl (C=O) groups is 1. The molecule has 0 aliphatic heterocycles. The van der Waals surface area contributed by atoms with Crippen LogP contribution in [-0.4, -0.2) is 21.0 Å². The smallest absolute Gasteiger partial charge is 0.337 e. The van der Waals surface area contributed by atoms with Gasteiger partial charge in [-0.05, 0) is 31.4 Å². The number of aromatic carboxylic acids is 1. The molecule has 1 saturated carbocycles. The van der Waals surface area contributed by atoms with Crippen molar-refractivity contribution >= 4 is 28.0 Å². The van der Waals surface area contributed by atoms with Gasteiger partial charge in [0.1, 0.15) is 0 Å². The maximum atomic E-state index is 12.8. The summed E-state index contributed by atoms with van der Waals surface area (Å²) < 4.78 is 5.72. The number of rotatable bonds is 3. The van der Waals surface area contributed by atoms with Gasteiger partial charge in [0.15, 0.2) is 5.58 Å². The average Bonchev–Trinajstić information content (AvgIpc) is 2.52. The first-order valence-corrected chi connectivity index (χ1v) is 8.08. The van der Waals surface area contributed by atoms with Gasteiger partial charge in [-0.25, -0.2) is 9.78 Å². The number of hydrogen-bond donors (Lipinski definition) is 1. The van der Waals surface area contributed by atoms with E-state index >= 15 is 0 Å². The van der Waals surface area contributed by atoms with Gasteiger partial charge in [-0.15, -0.1) is 0 Å². The quantitative estimate of drug-likeness (QED) is 0.743. The van der Waals surface area contributed by atoms with Crippen molar-refractivity contribution in [3.05, 3.63) is 45.5 Å². The Labute approximate surface area is 137 Å². The second-order valence-corrected chi connectivity index (χ2v) is 6.16. The molecule has 122 valence electrons. The largest absolute Gasteiger partial charge is 0.478 e. The topological polar surface area (TPSA) is 93.3 Å². The Balaban J connectivity index is 2.01. The van der Waals surface area contributed by atoms with Crippen LogP contribution in [0.4, 0.5) is 0 Å². The lowest BCUT2D eigenvalue weighted by Gasteiger charge is -2.24. The molecule has 6 heteroatoms. The van der Waals surface area contributed by atoms with Gasteiger partial charge in [0.2, 0.25) is 11.1 Å². The Hall–Kier alpha value is -2.76. The molecule has 0 atom stereocenters. The van der Waals surface area contributed by atoms with Gasteiger partial charge in [0, 0.05) is 11.6 Å². The van der Waals surface area contributed by atoms with Crippen LogP contribution in [0.3, 0.4) is 0 Å². The first-order valence-electron chi connectivity index (χ1n) is 8.08. The number of carboxylic acid groups (broad SMARTS) is 1. The molecule has 0 aromatic carbocycles. The number of aryl methyl sites for hydroxylation is 1. The van der Waals surface area contributed by atoms with Crippen LogP contribution in [0.15, 0.2) is 27.5 Å². The third-order valence-corrected chi connectivity index (χ3v) is 4.74. The third kappa shape index (κ3) is 2.18. The number of pyridine rings is 2. The molecular formula is C18H16N2O4. The summed E-state index contributed by atoms with van der Waals surface area (Å²) in [5.41, 5.74) is 1.63. The maximum absolute atomic E-state index is 12.8. The van der Waals surface area contributed by atoms with Crippen LogP contribution in [0.5, 0.6) is 0 Å². The van der Waals surface area contributed by atoms with Crippen molar-refractivity contribution in [1.82, 2.24) is 9.97 Å². The monoisotopic (exact) mass is 324 g/mol. The Morgan fingerprint density at radius 2 is 2.12 bits per heavy atom. The zero-order valence-corrected chi connectivity index (χ0v) is 13.2. The van der Waals surface area contributed by atoms with Crippen molar-refractivity contribution in [1.29, 1.82) is 0 Å². The molecule has 1 aliphatic carbocycles. The first-order chi connectivity index (χ1) is 11.6. The predicted molar refractivity (Wildman–Crippen MR) is 88.5 cm³/mol. The number of fused-ring (bicyclic) bond motifs is 2. The van der Waals surface area contributed by atoms with Crippen LogP contribution in [0.1, 0.15) is 53.8 Å². The molecule has 1 N–H and O–H groups in total. The summed E-state index contributed by atoms with van der Waals surface area (Å²) in [5.74, 6) is -0.690. The van der Waals surface area contributed by atoms with Gasteiger partial charge in [-0.3, -0.25) is 9.78 Å². The lowest BCUT2D eigenvalue weighted by molar-refractivity contribution is 0.0695. The van der Waals surface area contributed by atoms with Crippen LogP contribution in [0.2, 0.25) is 0 Å². The molecule has 24 heavy (non-hydrogen) atoms. The molecule has 1 aliphatic rings. The summed E-state index contributed by atoms with van der Waals surface area (Å²) in [7, 11) is 0. The van der Waals surface area contributed by atoms with Crippen LogP contribution >= 0.6 is 0 Å². The molecule has 3 heterocycles. The lowest BCUT2D eigenvalue weighted by atomic mass is 9.82. The van der Waals surface area contributed by atoms with Crippen molar-refractivity contribution < 1.29 is 14.3 Å². The van der Waals surface area contributed by atoms with E-state index in [1.807, 2.05) is 6.92 Å². The Morgan fingerprint density at radius 3 is 2.75 bits per heavy atom. The average molecular weight is 324 g/mol. The summed E-state index contributed by atoms with van der Waals surface area (Å²) in [4.78, 5) is 32.9. The van der Waals surface area contributed by atoms with Crippen molar-refractivity contribution in [2.75, 3.05) is 0 Å². The Kier molecular flexibility index (Phi) is 3.33. The zero-order valence-electron chi connectivity index (χ0n) is 13.2. The normalized spacial score (nSPS) is 14.9. The van der Waals surface area contributed by atoms with E-state index in [-0.39, 0.29) is 22.1 Å². The van der Waals surface area contributed by atoms with Gasteiger partial charge in [0.25, 0.3) is 0 Å². The molecule has 3 aromatic heterocycles. The minimum absolute atomic E-state index is 0.0462. The molecule has 6 nitrogen and oxygen atoms in total. The molecule has 0 amide bonds.